The predicted molar refractivity (Wildman–Crippen MR) is 65.2 cm³/mol. The van der Waals surface area contributed by atoms with Crippen molar-refractivity contribution < 1.29 is 18.1 Å². The molecule has 1 aromatic carbocycles. The summed E-state index contributed by atoms with van der Waals surface area (Å²) in [4.78, 5) is 10.0. The summed E-state index contributed by atoms with van der Waals surface area (Å²) in [6.07, 6.45) is -3.55. The maximum atomic E-state index is 12.6. The zero-order valence-corrected chi connectivity index (χ0v) is 10.9. The first-order valence-corrected chi connectivity index (χ1v) is 5.73. The van der Waals surface area contributed by atoms with Crippen LogP contribution in [0.3, 0.4) is 0 Å². The Bertz CT molecular complexity index is 685. The van der Waals surface area contributed by atoms with Gasteiger partial charge in [0.1, 0.15) is 5.02 Å². The summed E-state index contributed by atoms with van der Waals surface area (Å²) in [5, 5.41) is 13.2. The average molecular weight is 326 g/mol. The SMILES string of the molecule is O=[N+]([O-])c1ccnn1-c1ccc(C(F)(F)F)c(Cl)c1Cl. The minimum absolute atomic E-state index is 0.110. The number of aromatic nitrogens is 2. The van der Waals surface area contributed by atoms with E-state index in [0.717, 1.165) is 23.0 Å². The fraction of sp³-hybridized carbons (Fsp3) is 0.100. The van der Waals surface area contributed by atoms with Crippen molar-refractivity contribution in [3.8, 4) is 5.69 Å². The normalized spacial score (nSPS) is 11.7. The average Bonchev–Trinajstić information content (AvgIpc) is 2.79. The standard InChI is InChI=1S/C10H4Cl2F3N3O2/c11-8-5(10(13,14)15)1-2-6(9(8)12)17-7(18(19)20)3-4-16-17/h1-4H. The molecule has 5 nitrogen and oxygen atoms in total. The minimum Gasteiger partial charge on any atom is -0.358 e. The fourth-order valence-electron chi connectivity index (χ4n) is 1.54. The Morgan fingerprint density at radius 2 is 1.85 bits per heavy atom. The largest absolute Gasteiger partial charge is 0.417 e. The lowest BCUT2D eigenvalue weighted by Crippen LogP contribution is -2.08. The molecule has 0 aliphatic heterocycles. The molecule has 0 atom stereocenters. The van der Waals surface area contributed by atoms with Crippen LogP contribution < -0.4 is 0 Å². The molecule has 106 valence electrons. The van der Waals surface area contributed by atoms with Gasteiger partial charge in [-0.3, -0.25) is 0 Å². The maximum absolute atomic E-state index is 12.6. The van der Waals surface area contributed by atoms with Crippen molar-refractivity contribution in [3.05, 3.63) is 50.1 Å². The lowest BCUT2D eigenvalue weighted by molar-refractivity contribution is -0.391. The van der Waals surface area contributed by atoms with E-state index in [0.29, 0.717) is 6.07 Å². The van der Waals surface area contributed by atoms with Gasteiger partial charge in [0.15, 0.2) is 5.69 Å². The molecule has 0 aliphatic carbocycles. The summed E-state index contributed by atoms with van der Waals surface area (Å²) in [5.41, 5.74) is -1.23. The third-order valence-electron chi connectivity index (χ3n) is 2.41. The molecule has 0 amide bonds. The molecule has 0 radical (unpaired) electrons. The van der Waals surface area contributed by atoms with Crippen molar-refractivity contribution >= 4 is 29.0 Å². The van der Waals surface area contributed by atoms with E-state index in [1.165, 1.54) is 0 Å². The highest BCUT2D eigenvalue weighted by atomic mass is 35.5. The monoisotopic (exact) mass is 325 g/mol. The van der Waals surface area contributed by atoms with Crippen LogP contribution >= 0.6 is 23.2 Å². The first kappa shape index (κ1) is 14.6. The van der Waals surface area contributed by atoms with E-state index in [2.05, 4.69) is 5.10 Å². The molecule has 2 rings (SSSR count). The van der Waals surface area contributed by atoms with Crippen LogP contribution in [-0.2, 0) is 6.18 Å². The van der Waals surface area contributed by atoms with Gasteiger partial charge in [0.05, 0.1) is 22.8 Å². The number of hydrogen-bond acceptors (Lipinski definition) is 3. The molecular weight excluding hydrogens is 322 g/mol. The smallest absolute Gasteiger partial charge is 0.358 e. The summed E-state index contributed by atoms with van der Waals surface area (Å²) in [7, 11) is 0. The first-order valence-electron chi connectivity index (χ1n) is 4.97. The zero-order chi connectivity index (χ0) is 15.1. The van der Waals surface area contributed by atoms with Gasteiger partial charge in [0, 0.05) is 0 Å². The molecule has 0 fully saturated rings. The molecule has 0 aliphatic rings. The summed E-state index contributed by atoms with van der Waals surface area (Å²) in [5.74, 6) is -0.442. The molecule has 0 saturated carbocycles. The van der Waals surface area contributed by atoms with E-state index in [9.17, 15) is 23.3 Å². The molecule has 0 bridgehead atoms. The number of nitrogens with zero attached hydrogens (tertiary/aromatic N) is 3. The van der Waals surface area contributed by atoms with Crippen molar-refractivity contribution in [2.24, 2.45) is 0 Å². The first-order chi connectivity index (χ1) is 9.23. The number of rotatable bonds is 2. The highest BCUT2D eigenvalue weighted by Gasteiger charge is 2.35. The molecule has 0 spiro atoms. The van der Waals surface area contributed by atoms with Crippen LogP contribution in [-0.4, -0.2) is 14.7 Å². The highest BCUT2D eigenvalue weighted by Crippen LogP contribution is 2.41. The van der Waals surface area contributed by atoms with Crippen LogP contribution in [0.4, 0.5) is 19.0 Å². The van der Waals surface area contributed by atoms with E-state index >= 15 is 0 Å². The predicted octanol–water partition coefficient (Wildman–Crippen LogP) is 4.11. The summed E-state index contributed by atoms with van der Waals surface area (Å²) >= 11 is 11.3. The zero-order valence-electron chi connectivity index (χ0n) is 9.36. The van der Waals surface area contributed by atoms with Gasteiger partial charge in [0.2, 0.25) is 0 Å². The Hall–Kier alpha value is -1.80. The van der Waals surface area contributed by atoms with Gasteiger partial charge in [-0.15, -0.1) is 0 Å². The van der Waals surface area contributed by atoms with Gasteiger partial charge in [-0.05, 0) is 17.1 Å². The fourth-order valence-corrected chi connectivity index (χ4v) is 2.05. The topological polar surface area (TPSA) is 61.0 Å². The summed E-state index contributed by atoms with van der Waals surface area (Å²) < 4.78 is 38.7. The summed E-state index contributed by atoms with van der Waals surface area (Å²) in [6, 6.07) is 2.74. The molecular formula is C10H4Cl2F3N3O2. The Labute approximate surface area is 119 Å². The Kier molecular flexibility index (Phi) is 3.61. The van der Waals surface area contributed by atoms with Crippen molar-refractivity contribution in [1.82, 2.24) is 9.78 Å². The van der Waals surface area contributed by atoms with Gasteiger partial charge in [-0.2, -0.15) is 13.2 Å². The third-order valence-corrected chi connectivity index (χ3v) is 3.28. The number of halogens is 5. The number of nitro groups is 1. The van der Waals surface area contributed by atoms with Crippen LogP contribution in [0.15, 0.2) is 24.4 Å². The Balaban J connectivity index is 2.63. The van der Waals surface area contributed by atoms with E-state index < -0.39 is 32.5 Å². The lowest BCUT2D eigenvalue weighted by Gasteiger charge is -2.11. The number of alkyl halides is 3. The van der Waals surface area contributed by atoms with E-state index in [4.69, 9.17) is 23.2 Å². The van der Waals surface area contributed by atoms with Crippen LogP contribution in [0.5, 0.6) is 0 Å². The van der Waals surface area contributed by atoms with E-state index in [1.807, 2.05) is 0 Å². The highest BCUT2D eigenvalue weighted by molar-refractivity contribution is 6.43. The van der Waals surface area contributed by atoms with Gasteiger partial charge >= 0.3 is 12.0 Å². The van der Waals surface area contributed by atoms with Gasteiger partial charge in [-0.1, -0.05) is 33.0 Å². The Morgan fingerprint density at radius 3 is 2.40 bits per heavy atom. The van der Waals surface area contributed by atoms with E-state index in [1.54, 1.807) is 0 Å². The van der Waals surface area contributed by atoms with Crippen LogP contribution in [0, 0.1) is 10.1 Å². The molecule has 0 saturated heterocycles. The molecule has 0 N–H and O–H groups in total. The molecule has 1 aromatic heterocycles. The second-order valence-electron chi connectivity index (χ2n) is 3.62. The van der Waals surface area contributed by atoms with Crippen LogP contribution in [0.1, 0.15) is 5.56 Å². The van der Waals surface area contributed by atoms with Crippen molar-refractivity contribution in [1.29, 1.82) is 0 Å². The second-order valence-corrected chi connectivity index (χ2v) is 4.37. The minimum atomic E-state index is -4.67. The Morgan fingerprint density at radius 1 is 1.20 bits per heavy atom. The molecule has 1 heterocycles. The van der Waals surface area contributed by atoms with Gasteiger partial charge < -0.3 is 10.1 Å². The molecule has 20 heavy (non-hydrogen) atoms. The van der Waals surface area contributed by atoms with Gasteiger partial charge in [0.25, 0.3) is 0 Å². The van der Waals surface area contributed by atoms with Crippen LogP contribution in [0.25, 0.3) is 5.69 Å². The third kappa shape index (κ3) is 2.44. The second kappa shape index (κ2) is 4.95. The quantitative estimate of drug-likeness (QED) is 0.616. The summed E-state index contributed by atoms with van der Waals surface area (Å²) in [6.45, 7) is 0. The molecule has 10 heteroatoms. The van der Waals surface area contributed by atoms with Gasteiger partial charge in [-0.25, -0.2) is 0 Å². The molecule has 2 aromatic rings. The van der Waals surface area contributed by atoms with E-state index in [-0.39, 0.29) is 5.69 Å². The number of benzene rings is 1. The lowest BCUT2D eigenvalue weighted by atomic mass is 10.2. The van der Waals surface area contributed by atoms with Crippen molar-refractivity contribution in [2.45, 2.75) is 6.18 Å². The maximum Gasteiger partial charge on any atom is 0.417 e. The number of hydrogen-bond donors (Lipinski definition) is 0. The molecule has 0 unspecified atom stereocenters. The van der Waals surface area contributed by atoms with Crippen molar-refractivity contribution in [3.63, 3.8) is 0 Å². The van der Waals surface area contributed by atoms with Crippen LogP contribution in [0.2, 0.25) is 10.0 Å². The van der Waals surface area contributed by atoms with Crippen molar-refractivity contribution in [2.75, 3.05) is 0 Å².